The molecular weight excluding hydrogens is 388 g/mol. The number of aliphatic hydroxyl groups is 1. The number of ether oxygens (including phenoxy) is 3. The van der Waals surface area contributed by atoms with E-state index in [0.717, 1.165) is 30.9 Å². The molecule has 4 heteroatoms. The van der Waals surface area contributed by atoms with Gasteiger partial charge in [0.25, 0.3) is 0 Å². The summed E-state index contributed by atoms with van der Waals surface area (Å²) in [5.74, 6) is 1.69. The number of allylic oxidation sites excluding steroid dienone is 2. The van der Waals surface area contributed by atoms with Crippen LogP contribution in [0.15, 0.2) is 61.7 Å². The highest BCUT2D eigenvalue weighted by molar-refractivity contribution is 5.50. The van der Waals surface area contributed by atoms with E-state index < -0.39 is 0 Å². The molecule has 0 aliphatic carbocycles. The molecule has 0 aromatic heterocycles. The predicted molar refractivity (Wildman–Crippen MR) is 125 cm³/mol. The molecule has 166 valence electrons. The molecule has 4 nitrogen and oxygen atoms in total. The maximum Gasteiger partial charge on any atom is 0.119 e. The van der Waals surface area contributed by atoms with Gasteiger partial charge in [0.1, 0.15) is 24.2 Å². The van der Waals surface area contributed by atoms with Gasteiger partial charge in [0, 0.05) is 18.4 Å². The highest BCUT2D eigenvalue weighted by atomic mass is 16.6. The quantitative estimate of drug-likeness (QED) is 0.280. The molecule has 0 radical (unpaired) electrons. The highest BCUT2D eigenvalue weighted by Crippen LogP contribution is 2.38. The molecule has 3 rings (SSSR count). The van der Waals surface area contributed by atoms with E-state index in [-0.39, 0.29) is 18.1 Å². The van der Waals surface area contributed by atoms with Crippen LogP contribution in [0.25, 0.3) is 0 Å². The molecule has 1 aliphatic rings. The lowest BCUT2D eigenvalue weighted by Gasteiger charge is -2.31. The number of epoxide rings is 1. The molecule has 1 fully saturated rings. The maximum absolute atomic E-state index is 9.00. The van der Waals surface area contributed by atoms with E-state index in [1.807, 2.05) is 24.3 Å². The van der Waals surface area contributed by atoms with E-state index in [0.29, 0.717) is 19.6 Å². The normalized spacial score (nSPS) is 15.4. The van der Waals surface area contributed by atoms with Crippen LogP contribution in [0.5, 0.6) is 11.5 Å². The Morgan fingerprint density at radius 1 is 1.00 bits per heavy atom. The first-order chi connectivity index (χ1) is 15.0. The second kappa shape index (κ2) is 10.7. The van der Waals surface area contributed by atoms with Gasteiger partial charge in [-0.2, -0.15) is 0 Å². The van der Waals surface area contributed by atoms with Gasteiger partial charge in [-0.05, 0) is 59.4 Å². The van der Waals surface area contributed by atoms with Crippen LogP contribution in [0.4, 0.5) is 0 Å². The van der Waals surface area contributed by atoms with Gasteiger partial charge in [0.15, 0.2) is 0 Å². The minimum Gasteiger partial charge on any atom is -0.493 e. The fourth-order valence-corrected chi connectivity index (χ4v) is 3.94. The van der Waals surface area contributed by atoms with Gasteiger partial charge in [-0.3, -0.25) is 0 Å². The van der Waals surface area contributed by atoms with Crippen LogP contribution in [-0.4, -0.2) is 37.6 Å². The molecule has 1 unspecified atom stereocenters. The molecular formula is C27H34O4. The van der Waals surface area contributed by atoms with E-state index >= 15 is 0 Å². The number of aliphatic hydroxyl groups excluding tert-OH is 1. The molecule has 2 aromatic carbocycles. The molecule has 2 aromatic rings. The van der Waals surface area contributed by atoms with Gasteiger partial charge in [-0.25, -0.2) is 0 Å². The van der Waals surface area contributed by atoms with Gasteiger partial charge in [-0.15, -0.1) is 13.2 Å². The lowest BCUT2D eigenvalue weighted by Crippen LogP contribution is -2.23. The Labute approximate surface area is 186 Å². The third kappa shape index (κ3) is 5.99. The Hall–Kier alpha value is -2.56. The summed E-state index contributed by atoms with van der Waals surface area (Å²) in [6, 6.07) is 12.6. The number of hydrogen-bond donors (Lipinski definition) is 1. The average molecular weight is 423 g/mol. The molecule has 0 saturated carbocycles. The van der Waals surface area contributed by atoms with Crippen molar-refractivity contribution in [3.05, 3.63) is 84.0 Å². The van der Waals surface area contributed by atoms with Crippen LogP contribution in [-0.2, 0) is 23.0 Å². The molecule has 1 heterocycles. The van der Waals surface area contributed by atoms with Crippen molar-refractivity contribution in [1.29, 1.82) is 0 Å². The first-order valence-corrected chi connectivity index (χ1v) is 11.0. The predicted octanol–water partition coefficient (Wildman–Crippen LogP) is 5.01. The standard InChI is InChI=1S/C27H34O4/c1-5-8-20-16-22(29-15-7-14-28)10-12-25(20)27(3,4)26-13-11-23(17-21(26)9-6-2)30-18-24-19-31-24/h5-6,10-13,16-17,24,28H,1-2,7-9,14-15,18-19H2,3-4H3. The first-order valence-electron chi connectivity index (χ1n) is 11.0. The zero-order valence-corrected chi connectivity index (χ0v) is 18.7. The van der Waals surface area contributed by atoms with Crippen LogP contribution in [0.1, 0.15) is 42.5 Å². The molecule has 1 aliphatic heterocycles. The second-order valence-electron chi connectivity index (χ2n) is 8.44. The van der Waals surface area contributed by atoms with E-state index in [1.54, 1.807) is 0 Å². The van der Waals surface area contributed by atoms with Gasteiger partial charge < -0.3 is 19.3 Å². The Kier molecular flexibility index (Phi) is 7.94. The zero-order chi connectivity index (χ0) is 22.3. The van der Waals surface area contributed by atoms with Crippen LogP contribution in [0, 0.1) is 0 Å². The largest absolute Gasteiger partial charge is 0.493 e. The Balaban J connectivity index is 1.92. The fourth-order valence-electron chi connectivity index (χ4n) is 3.94. The van der Waals surface area contributed by atoms with Crippen molar-refractivity contribution >= 4 is 0 Å². The van der Waals surface area contributed by atoms with E-state index in [2.05, 4.69) is 51.3 Å². The second-order valence-corrected chi connectivity index (χ2v) is 8.44. The summed E-state index contributed by atoms with van der Waals surface area (Å²) in [5.41, 5.74) is 4.67. The smallest absolute Gasteiger partial charge is 0.119 e. The molecule has 1 N–H and O–H groups in total. The molecule has 0 spiro atoms. The van der Waals surface area contributed by atoms with Gasteiger partial charge in [0.2, 0.25) is 0 Å². The van der Waals surface area contributed by atoms with Crippen molar-refractivity contribution in [2.45, 2.75) is 44.6 Å². The van der Waals surface area contributed by atoms with Crippen LogP contribution in [0.3, 0.4) is 0 Å². The Bertz CT molecular complexity index is 896. The molecule has 0 bridgehead atoms. The Morgan fingerprint density at radius 2 is 1.55 bits per heavy atom. The maximum atomic E-state index is 9.00. The third-order valence-corrected chi connectivity index (χ3v) is 5.64. The van der Waals surface area contributed by atoms with E-state index in [9.17, 15) is 0 Å². The van der Waals surface area contributed by atoms with Crippen molar-refractivity contribution in [2.75, 3.05) is 26.4 Å². The van der Waals surface area contributed by atoms with Gasteiger partial charge in [-0.1, -0.05) is 38.1 Å². The summed E-state index contributed by atoms with van der Waals surface area (Å²) < 4.78 is 17.0. The summed E-state index contributed by atoms with van der Waals surface area (Å²) in [4.78, 5) is 0. The number of benzene rings is 2. The van der Waals surface area contributed by atoms with Crippen molar-refractivity contribution in [3.8, 4) is 11.5 Å². The average Bonchev–Trinajstić information content (AvgIpc) is 3.58. The molecule has 1 atom stereocenters. The summed E-state index contributed by atoms with van der Waals surface area (Å²) in [5, 5.41) is 9.00. The summed E-state index contributed by atoms with van der Waals surface area (Å²) >= 11 is 0. The van der Waals surface area contributed by atoms with E-state index in [1.165, 1.54) is 22.3 Å². The first kappa shape index (κ1) is 23.1. The topological polar surface area (TPSA) is 51.2 Å². The molecule has 0 amide bonds. The third-order valence-electron chi connectivity index (χ3n) is 5.64. The van der Waals surface area contributed by atoms with Crippen LogP contribution >= 0.6 is 0 Å². The van der Waals surface area contributed by atoms with E-state index in [4.69, 9.17) is 19.3 Å². The minimum absolute atomic E-state index is 0.129. The lowest BCUT2D eigenvalue weighted by molar-refractivity contribution is 0.233. The van der Waals surface area contributed by atoms with Gasteiger partial charge >= 0.3 is 0 Å². The summed E-state index contributed by atoms with van der Waals surface area (Å²) in [6.45, 7) is 14.4. The lowest BCUT2D eigenvalue weighted by atomic mass is 9.73. The van der Waals surface area contributed by atoms with Crippen molar-refractivity contribution in [3.63, 3.8) is 0 Å². The number of hydrogen-bond acceptors (Lipinski definition) is 4. The van der Waals surface area contributed by atoms with Crippen LogP contribution < -0.4 is 9.47 Å². The monoisotopic (exact) mass is 422 g/mol. The van der Waals surface area contributed by atoms with Gasteiger partial charge in [0.05, 0.1) is 13.2 Å². The Morgan fingerprint density at radius 3 is 2.03 bits per heavy atom. The summed E-state index contributed by atoms with van der Waals surface area (Å²) in [6.07, 6.45) is 6.25. The molecule has 1 saturated heterocycles. The van der Waals surface area contributed by atoms with Crippen molar-refractivity contribution in [2.24, 2.45) is 0 Å². The fraction of sp³-hybridized carbons (Fsp3) is 0.407. The van der Waals surface area contributed by atoms with Crippen molar-refractivity contribution < 1.29 is 19.3 Å². The van der Waals surface area contributed by atoms with Crippen molar-refractivity contribution in [1.82, 2.24) is 0 Å². The SMILES string of the molecule is C=CCc1cc(OCCCO)ccc1C(C)(C)c1ccc(OCC2CO2)cc1CC=C. The molecule has 31 heavy (non-hydrogen) atoms. The highest BCUT2D eigenvalue weighted by Gasteiger charge is 2.29. The van der Waals surface area contributed by atoms with Crippen LogP contribution in [0.2, 0.25) is 0 Å². The number of rotatable bonds is 13. The summed E-state index contributed by atoms with van der Waals surface area (Å²) in [7, 11) is 0. The zero-order valence-electron chi connectivity index (χ0n) is 18.7. The minimum atomic E-state index is -0.224.